The molecule has 1 saturated heterocycles. The fourth-order valence-corrected chi connectivity index (χ4v) is 3.78. The summed E-state index contributed by atoms with van der Waals surface area (Å²) in [5.41, 5.74) is 0. The van der Waals surface area contributed by atoms with E-state index in [0.29, 0.717) is 12.0 Å². The molecule has 1 unspecified atom stereocenters. The van der Waals surface area contributed by atoms with Crippen molar-refractivity contribution in [2.24, 2.45) is 5.92 Å². The Hall–Kier alpha value is -1.30. The van der Waals surface area contributed by atoms with Crippen LogP contribution in [0.5, 0.6) is 0 Å². The lowest BCUT2D eigenvalue weighted by atomic mass is 10.0. The highest BCUT2D eigenvalue weighted by Gasteiger charge is 2.46. The van der Waals surface area contributed by atoms with Gasteiger partial charge in [0.15, 0.2) is 0 Å². The van der Waals surface area contributed by atoms with E-state index >= 15 is 0 Å². The summed E-state index contributed by atoms with van der Waals surface area (Å²) >= 11 is 0. The van der Waals surface area contributed by atoms with E-state index in [2.05, 4.69) is 17.0 Å². The monoisotopic (exact) mass is 298 g/mol. The number of ether oxygens (including phenoxy) is 2. The minimum absolute atomic E-state index is 0.0587. The molecular formula is C15H26N2O4. The SMILES string of the molecule is COC(=O)N[C@H](C(=O)N1[C@H](C)CC2CCC[C@@H]21)[C@@H](C)OC. The Morgan fingerprint density at radius 1 is 1.29 bits per heavy atom. The number of hydrogen-bond acceptors (Lipinski definition) is 4. The molecule has 1 saturated carbocycles. The molecule has 0 aromatic heterocycles. The second-order valence-corrected chi connectivity index (χ2v) is 6.14. The normalized spacial score (nSPS) is 30.7. The fourth-order valence-electron chi connectivity index (χ4n) is 3.78. The van der Waals surface area contributed by atoms with Crippen molar-refractivity contribution in [3.8, 4) is 0 Å². The van der Waals surface area contributed by atoms with Crippen molar-refractivity contribution in [1.29, 1.82) is 0 Å². The predicted molar refractivity (Wildman–Crippen MR) is 77.9 cm³/mol. The number of amides is 2. The van der Waals surface area contributed by atoms with E-state index in [4.69, 9.17) is 4.74 Å². The molecule has 6 heteroatoms. The molecule has 6 nitrogen and oxygen atoms in total. The summed E-state index contributed by atoms with van der Waals surface area (Å²) in [6.07, 6.45) is 3.50. The second-order valence-electron chi connectivity index (χ2n) is 6.14. The molecule has 1 aliphatic heterocycles. The molecule has 2 fully saturated rings. The lowest BCUT2D eigenvalue weighted by Crippen LogP contribution is -2.56. The van der Waals surface area contributed by atoms with E-state index in [9.17, 15) is 9.59 Å². The van der Waals surface area contributed by atoms with Gasteiger partial charge in [0.25, 0.3) is 0 Å². The molecule has 0 bridgehead atoms. The molecule has 21 heavy (non-hydrogen) atoms. The average Bonchev–Trinajstić information content (AvgIpc) is 3.02. The van der Waals surface area contributed by atoms with E-state index in [1.807, 2.05) is 4.90 Å². The first-order valence-electron chi connectivity index (χ1n) is 7.69. The minimum atomic E-state index is -0.704. The van der Waals surface area contributed by atoms with Gasteiger partial charge in [0.2, 0.25) is 5.91 Å². The smallest absolute Gasteiger partial charge is 0.407 e. The maximum Gasteiger partial charge on any atom is 0.407 e. The van der Waals surface area contributed by atoms with Gasteiger partial charge in [-0.3, -0.25) is 4.79 Å². The summed E-state index contributed by atoms with van der Waals surface area (Å²) in [5, 5.41) is 2.62. The van der Waals surface area contributed by atoms with Gasteiger partial charge in [-0.05, 0) is 39.0 Å². The molecule has 5 atom stereocenters. The first-order chi connectivity index (χ1) is 9.99. The van der Waals surface area contributed by atoms with Gasteiger partial charge in [0, 0.05) is 19.2 Å². The Labute approximate surface area is 126 Å². The molecule has 0 spiro atoms. The molecule has 0 aromatic rings. The van der Waals surface area contributed by atoms with Crippen LogP contribution in [0.2, 0.25) is 0 Å². The summed E-state index contributed by atoms with van der Waals surface area (Å²) in [5.74, 6) is 0.553. The first-order valence-corrected chi connectivity index (χ1v) is 7.69. The van der Waals surface area contributed by atoms with Crippen LogP contribution in [0.4, 0.5) is 4.79 Å². The number of alkyl carbamates (subject to hydrolysis) is 1. The molecule has 1 aliphatic carbocycles. The predicted octanol–water partition coefficient (Wildman–Crippen LogP) is 1.54. The van der Waals surface area contributed by atoms with E-state index in [1.54, 1.807) is 6.92 Å². The highest BCUT2D eigenvalue weighted by atomic mass is 16.5. The number of nitrogens with zero attached hydrogens (tertiary/aromatic N) is 1. The van der Waals surface area contributed by atoms with Gasteiger partial charge in [-0.25, -0.2) is 4.79 Å². The van der Waals surface area contributed by atoms with Crippen molar-refractivity contribution in [3.05, 3.63) is 0 Å². The van der Waals surface area contributed by atoms with Crippen molar-refractivity contribution in [3.63, 3.8) is 0 Å². The van der Waals surface area contributed by atoms with Crippen molar-refractivity contribution in [2.75, 3.05) is 14.2 Å². The summed E-state index contributed by atoms with van der Waals surface area (Å²) in [6, 6.07) is -0.165. The molecule has 120 valence electrons. The number of carbonyl (C=O) groups is 2. The molecule has 1 N–H and O–H groups in total. The number of carbonyl (C=O) groups excluding carboxylic acids is 2. The van der Waals surface area contributed by atoms with Crippen LogP contribution in [0.3, 0.4) is 0 Å². The number of methoxy groups -OCH3 is 2. The van der Waals surface area contributed by atoms with E-state index in [-0.39, 0.29) is 11.9 Å². The molecule has 0 aromatic carbocycles. The zero-order chi connectivity index (χ0) is 15.6. The molecule has 2 aliphatic rings. The fraction of sp³-hybridized carbons (Fsp3) is 0.867. The second kappa shape index (κ2) is 6.64. The van der Waals surface area contributed by atoms with Crippen LogP contribution in [0.1, 0.15) is 39.5 Å². The summed E-state index contributed by atoms with van der Waals surface area (Å²) in [4.78, 5) is 26.4. The van der Waals surface area contributed by atoms with E-state index in [1.165, 1.54) is 27.1 Å². The Bertz CT molecular complexity index is 401. The maximum absolute atomic E-state index is 12.9. The number of fused-ring (bicyclic) bond motifs is 1. The summed E-state index contributed by atoms with van der Waals surface area (Å²) in [6.45, 7) is 3.87. The third-order valence-electron chi connectivity index (χ3n) is 4.92. The average molecular weight is 298 g/mol. The van der Waals surface area contributed by atoms with Crippen LogP contribution >= 0.6 is 0 Å². The van der Waals surface area contributed by atoms with Gasteiger partial charge in [-0.1, -0.05) is 6.42 Å². The summed E-state index contributed by atoms with van der Waals surface area (Å²) < 4.78 is 9.89. The minimum Gasteiger partial charge on any atom is -0.453 e. The van der Waals surface area contributed by atoms with Gasteiger partial charge in [0.1, 0.15) is 6.04 Å². The van der Waals surface area contributed by atoms with Gasteiger partial charge in [-0.15, -0.1) is 0 Å². The molecule has 2 amide bonds. The third-order valence-corrected chi connectivity index (χ3v) is 4.92. The summed E-state index contributed by atoms with van der Waals surface area (Å²) in [7, 11) is 2.83. The van der Waals surface area contributed by atoms with Crippen molar-refractivity contribution in [1.82, 2.24) is 10.2 Å². The van der Waals surface area contributed by atoms with Crippen LogP contribution in [0.15, 0.2) is 0 Å². The van der Waals surface area contributed by atoms with Crippen LogP contribution in [0.25, 0.3) is 0 Å². The Morgan fingerprint density at radius 2 is 2.00 bits per heavy atom. The number of hydrogen-bond donors (Lipinski definition) is 1. The van der Waals surface area contributed by atoms with Crippen LogP contribution in [-0.2, 0) is 14.3 Å². The Balaban J connectivity index is 2.14. The van der Waals surface area contributed by atoms with E-state index < -0.39 is 18.2 Å². The quantitative estimate of drug-likeness (QED) is 0.855. The highest BCUT2D eigenvalue weighted by Crippen LogP contribution is 2.41. The Kier molecular flexibility index (Phi) is 5.08. The van der Waals surface area contributed by atoms with Crippen molar-refractivity contribution < 1.29 is 19.1 Å². The number of likely N-dealkylation sites (tertiary alicyclic amines) is 1. The topological polar surface area (TPSA) is 67.9 Å². The van der Waals surface area contributed by atoms with Gasteiger partial charge in [0.05, 0.1) is 13.2 Å². The lowest BCUT2D eigenvalue weighted by Gasteiger charge is -2.33. The maximum atomic E-state index is 12.9. The zero-order valence-corrected chi connectivity index (χ0v) is 13.3. The Morgan fingerprint density at radius 3 is 2.62 bits per heavy atom. The van der Waals surface area contributed by atoms with Crippen LogP contribution in [-0.4, -0.2) is 55.3 Å². The molecule has 1 heterocycles. The van der Waals surface area contributed by atoms with Crippen molar-refractivity contribution in [2.45, 2.75) is 63.8 Å². The number of rotatable bonds is 4. The van der Waals surface area contributed by atoms with Gasteiger partial charge >= 0.3 is 6.09 Å². The van der Waals surface area contributed by atoms with Gasteiger partial charge in [-0.2, -0.15) is 0 Å². The zero-order valence-electron chi connectivity index (χ0n) is 13.3. The standard InChI is InChI=1S/C15H26N2O4/c1-9-8-11-6-5-7-12(11)17(9)14(18)13(10(2)20-3)16-15(19)21-4/h9-13H,5-8H2,1-4H3,(H,16,19)/t9-,10-,11?,12+,13+/m1/s1. The first kappa shape index (κ1) is 16.1. The highest BCUT2D eigenvalue weighted by molar-refractivity contribution is 5.87. The van der Waals surface area contributed by atoms with Gasteiger partial charge < -0.3 is 19.7 Å². The largest absolute Gasteiger partial charge is 0.453 e. The third kappa shape index (κ3) is 3.15. The molecule has 2 rings (SSSR count). The van der Waals surface area contributed by atoms with Crippen LogP contribution < -0.4 is 5.32 Å². The van der Waals surface area contributed by atoms with Crippen molar-refractivity contribution >= 4 is 12.0 Å². The van der Waals surface area contributed by atoms with Crippen LogP contribution in [0, 0.1) is 5.92 Å². The molecule has 0 radical (unpaired) electrons. The number of nitrogens with one attached hydrogen (secondary N) is 1. The lowest BCUT2D eigenvalue weighted by molar-refractivity contribution is -0.139. The van der Waals surface area contributed by atoms with E-state index in [0.717, 1.165) is 12.8 Å². The molecular weight excluding hydrogens is 272 g/mol.